The Kier molecular flexibility index (Phi) is 6.50. The first-order valence-corrected chi connectivity index (χ1v) is 7.09. The number of pyridine rings is 1. The van der Waals surface area contributed by atoms with Gasteiger partial charge in [0.05, 0.1) is 0 Å². The quantitative estimate of drug-likeness (QED) is 0.734. The van der Waals surface area contributed by atoms with Crippen LogP contribution in [0.1, 0.15) is 45.2 Å². The molecule has 90 valence electrons. The van der Waals surface area contributed by atoms with E-state index in [1.54, 1.807) is 0 Å². The summed E-state index contributed by atoms with van der Waals surface area (Å²) in [6.45, 7) is 7.67. The molecule has 0 aliphatic carbocycles. The number of hydrogen-bond donors (Lipinski definition) is 1. The van der Waals surface area contributed by atoms with Crippen molar-refractivity contribution in [2.75, 3.05) is 12.3 Å². The lowest BCUT2D eigenvalue weighted by Gasteiger charge is -2.16. The topological polar surface area (TPSA) is 24.9 Å². The zero-order chi connectivity index (χ0) is 11.8. The van der Waals surface area contributed by atoms with Crippen LogP contribution in [0.3, 0.4) is 0 Å². The van der Waals surface area contributed by atoms with E-state index >= 15 is 0 Å². The van der Waals surface area contributed by atoms with Gasteiger partial charge in [-0.1, -0.05) is 19.9 Å². The summed E-state index contributed by atoms with van der Waals surface area (Å²) in [6.07, 6.45) is 4.24. The lowest BCUT2D eigenvalue weighted by Crippen LogP contribution is -2.20. The summed E-state index contributed by atoms with van der Waals surface area (Å²) in [7, 11) is 0. The standard InChI is InChI=1S/C13H22N2S/c1-4-8-14-11(3)12-7-6-9-15-13(12)16-10-5-2/h6-7,9,11,14H,4-5,8,10H2,1-3H3. The molecule has 0 radical (unpaired) electrons. The monoisotopic (exact) mass is 238 g/mol. The Hall–Kier alpha value is -0.540. The molecule has 0 spiro atoms. The fraction of sp³-hybridized carbons (Fsp3) is 0.615. The summed E-state index contributed by atoms with van der Waals surface area (Å²) in [6, 6.07) is 4.60. The van der Waals surface area contributed by atoms with Gasteiger partial charge in [-0.05, 0) is 38.1 Å². The summed E-state index contributed by atoms with van der Waals surface area (Å²) in [4.78, 5) is 4.47. The van der Waals surface area contributed by atoms with Crippen molar-refractivity contribution in [1.82, 2.24) is 10.3 Å². The molecule has 0 saturated heterocycles. The van der Waals surface area contributed by atoms with Crippen molar-refractivity contribution in [3.8, 4) is 0 Å². The van der Waals surface area contributed by atoms with E-state index in [1.165, 1.54) is 23.4 Å². The Balaban J connectivity index is 2.68. The van der Waals surface area contributed by atoms with Gasteiger partial charge in [0.1, 0.15) is 5.03 Å². The number of aromatic nitrogens is 1. The molecule has 1 atom stereocenters. The molecule has 0 fully saturated rings. The Morgan fingerprint density at radius 2 is 2.19 bits per heavy atom. The normalized spacial score (nSPS) is 12.7. The number of nitrogens with one attached hydrogen (secondary N) is 1. The SMILES string of the molecule is CCCNC(C)c1cccnc1SCCC. The molecule has 3 heteroatoms. The summed E-state index contributed by atoms with van der Waals surface area (Å²) >= 11 is 1.86. The summed E-state index contributed by atoms with van der Waals surface area (Å²) in [5.41, 5.74) is 1.33. The number of nitrogens with zero attached hydrogens (tertiary/aromatic N) is 1. The summed E-state index contributed by atoms with van der Waals surface area (Å²) < 4.78 is 0. The molecule has 0 bridgehead atoms. The highest BCUT2D eigenvalue weighted by molar-refractivity contribution is 7.99. The van der Waals surface area contributed by atoms with E-state index in [2.05, 4.69) is 37.1 Å². The maximum Gasteiger partial charge on any atom is 0.101 e. The molecule has 1 unspecified atom stereocenters. The van der Waals surface area contributed by atoms with Crippen LogP contribution >= 0.6 is 11.8 Å². The van der Waals surface area contributed by atoms with Crippen LogP contribution in [-0.4, -0.2) is 17.3 Å². The summed E-state index contributed by atoms with van der Waals surface area (Å²) in [5.74, 6) is 1.14. The Morgan fingerprint density at radius 3 is 2.88 bits per heavy atom. The average molecular weight is 238 g/mol. The van der Waals surface area contributed by atoms with Crippen LogP contribution in [0, 0.1) is 0 Å². The van der Waals surface area contributed by atoms with Crippen LogP contribution in [-0.2, 0) is 0 Å². The van der Waals surface area contributed by atoms with E-state index < -0.39 is 0 Å². The van der Waals surface area contributed by atoms with Gasteiger partial charge in [-0.25, -0.2) is 4.98 Å². The molecule has 16 heavy (non-hydrogen) atoms. The first kappa shape index (κ1) is 13.5. The third kappa shape index (κ3) is 4.14. The van der Waals surface area contributed by atoms with Crippen LogP contribution in [0.15, 0.2) is 23.4 Å². The molecule has 0 amide bonds. The first-order valence-electron chi connectivity index (χ1n) is 6.10. The van der Waals surface area contributed by atoms with E-state index in [4.69, 9.17) is 0 Å². The minimum absolute atomic E-state index is 0.396. The minimum atomic E-state index is 0.396. The van der Waals surface area contributed by atoms with Gasteiger partial charge in [-0.2, -0.15) is 0 Å². The molecular weight excluding hydrogens is 216 g/mol. The van der Waals surface area contributed by atoms with E-state index in [0.29, 0.717) is 6.04 Å². The van der Waals surface area contributed by atoms with Crippen LogP contribution < -0.4 is 5.32 Å². The van der Waals surface area contributed by atoms with Crippen molar-refractivity contribution in [3.63, 3.8) is 0 Å². The van der Waals surface area contributed by atoms with Crippen LogP contribution in [0.2, 0.25) is 0 Å². The van der Waals surface area contributed by atoms with Gasteiger partial charge in [0.2, 0.25) is 0 Å². The van der Waals surface area contributed by atoms with Gasteiger partial charge in [-0.3, -0.25) is 0 Å². The molecule has 0 aliphatic heterocycles. The van der Waals surface area contributed by atoms with E-state index in [1.807, 2.05) is 24.0 Å². The maximum absolute atomic E-state index is 4.47. The largest absolute Gasteiger partial charge is 0.310 e. The molecule has 0 saturated carbocycles. The lowest BCUT2D eigenvalue weighted by molar-refractivity contribution is 0.560. The summed E-state index contributed by atoms with van der Waals surface area (Å²) in [5, 5.41) is 4.69. The number of rotatable bonds is 7. The lowest BCUT2D eigenvalue weighted by atomic mass is 10.1. The number of hydrogen-bond acceptors (Lipinski definition) is 3. The number of thioether (sulfide) groups is 1. The minimum Gasteiger partial charge on any atom is -0.310 e. The Labute approximate surface area is 103 Å². The fourth-order valence-corrected chi connectivity index (χ4v) is 2.47. The van der Waals surface area contributed by atoms with Crippen LogP contribution in [0.5, 0.6) is 0 Å². The second-order valence-corrected chi connectivity index (χ2v) is 5.01. The molecular formula is C13H22N2S. The molecule has 1 rings (SSSR count). The Bertz CT molecular complexity index is 302. The molecule has 1 aromatic heterocycles. The molecule has 1 aromatic rings. The highest BCUT2D eigenvalue weighted by Gasteiger charge is 2.10. The van der Waals surface area contributed by atoms with Gasteiger partial charge >= 0.3 is 0 Å². The predicted octanol–water partition coefficient (Wildman–Crippen LogP) is 3.64. The van der Waals surface area contributed by atoms with Crippen LogP contribution in [0.4, 0.5) is 0 Å². The van der Waals surface area contributed by atoms with Crippen molar-refractivity contribution < 1.29 is 0 Å². The van der Waals surface area contributed by atoms with E-state index in [0.717, 1.165) is 12.3 Å². The third-order valence-corrected chi connectivity index (χ3v) is 3.64. The average Bonchev–Trinajstić information content (AvgIpc) is 2.33. The maximum atomic E-state index is 4.47. The first-order chi connectivity index (χ1) is 7.79. The Morgan fingerprint density at radius 1 is 1.38 bits per heavy atom. The van der Waals surface area contributed by atoms with Gasteiger partial charge < -0.3 is 5.32 Å². The second kappa shape index (κ2) is 7.69. The third-order valence-electron chi connectivity index (χ3n) is 2.41. The molecule has 1 heterocycles. The highest BCUT2D eigenvalue weighted by Crippen LogP contribution is 2.25. The molecule has 0 aliphatic rings. The smallest absolute Gasteiger partial charge is 0.101 e. The van der Waals surface area contributed by atoms with Gasteiger partial charge in [0.15, 0.2) is 0 Å². The van der Waals surface area contributed by atoms with Crippen LogP contribution in [0.25, 0.3) is 0 Å². The van der Waals surface area contributed by atoms with Gasteiger partial charge in [-0.15, -0.1) is 11.8 Å². The molecule has 1 N–H and O–H groups in total. The molecule has 2 nitrogen and oxygen atoms in total. The van der Waals surface area contributed by atoms with Crippen molar-refractivity contribution in [2.45, 2.75) is 44.7 Å². The molecule has 0 aromatic carbocycles. The van der Waals surface area contributed by atoms with Gasteiger partial charge in [0, 0.05) is 17.8 Å². The van der Waals surface area contributed by atoms with Crippen molar-refractivity contribution >= 4 is 11.8 Å². The van der Waals surface area contributed by atoms with Crippen molar-refractivity contribution in [3.05, 3.63) is 23.9 Å². The zero-order valence-corrected chi connectivity index (χ0v) is 11.3. The van der Waals surface area contributed by atoms with Crippen molar-refractivity contribution in [2.24, 2.45) is 0 Å². The van der Waals surface area contributed by atoms with Gasteiger partial charge in [0.25, 0.3) is 0 Å². The van der Waals surface area contributed by atoms with E-state index in [-0.39, 0.29) is 0 Å². The highest BCUT2D eigenvalue weighted by atomic mass is 32.2. The zero-order valence-electron chi connectivity index (χ0n) is 10.5. The fourth-order valence-electron chi connectivity index (χ4n) is 1.52. The van der Waals surface area contributed by atoms with E-state index in [9.17, 15) is 0 Å². The second-order valence-electron chi connectivity index (χ2n) is 3.92. The van der Waals surface area contributed by atoms with Crippen molar-refractivity contribution in [1.29, 1.82) is 0 Å². The predicted molar refractivity (Wildman–Crippen MR) is 72.0 cm³/mol.